The minimum absolute atomic E-state index is 0.00459. The first kappa shape index (κ1) is 25.7. The third-order valence-electron chi connectivity index (χ3n) is 6.14. The van der Waals surface area contributed by atoms with Gasteiger partial charge in [-0.1, -0.05) is 24.3 Å². The van der Waals surface area contributed by atoms with Crippen LogP contribution in [0.4, 0.5) is 10.1 Å². The maximum atomic E-state index is 13.5. The van der Waals surface area contributed by atoms with Crippen molar-refractivity contribution >= 4 is 21.6 Å². The van der Waals surface area contributed by atoms with Crippen LogP contribution >= 0.6 is 0 Å². The molecule has 0 spiro atoms. The summed E-state index contributed by atoms with van der Waals surface area (Å²) in [7, 11) is -2.61. The first-order valence-corrected chi connectivity index (χ1v) is 13.3. The Balaban J connectivity index is 1.48. The number of hydrogen-bond acceptors (Lipinski definition) is 5. The summed E-state index contributed by atoms with van der Waals surface area (Å²) in [6.07, 6.45) is 2.44. The molecule has 9 heteroatoms. The van der Waals surface area contributed by atoms with Crippen molar-refractivity contribution in [3.05, 3.63) is 89.7 Å². The van der Waals surface area contributed by atoms with Crippen molar-refractivity contribution in [3.63, 3.8) is 0 Å². The van der Waals surface area contributed by atoms with Gasteiger partial charge < -0.3 is 10.1 Å². The smallest absolute Gasteiger partial charge is 0.264 e. The van der Waals surface area contributed by atoms with E-state index in [0.717, 1.165) is 41.6 Å². The molecule has 0 bridgehead atoms. The summed E-state index contributed by atoms with van der Waals surface area (Å²) < 4.78 is 46.5. The molecule has 1 fully saturated rings. The average Bonchev–Trinajstić information content (AvgIpc) is 3.40. The molecule has 0 atom stereocenters. The Bertz CT molecular complexity index is 1280. The molecule has 1 aliphatic heterocycles. The molecule has 0 saturated carbocycles. The molecule has 3 aromatic carbocycles. The molecule has 1 amide bonds. The standard InChI is InChI=1S/C27H30FN3O4S/c1-35-25-11-13-26(14-12-25)36(33,34)31(24-9-7-23(28)8-10-24)20-27(32)29-18-21-5-4-6-22(17-21)19-30-15-2-3-16-30/h4-14,17H,2-3,15-16,18-20H2,1H3,(H,29,32). The van der Waals surface area contributed by atoms with Gasteiger partial charge in [0.15, 0.2) is 0 Å². The molecular formula is C27H30FN3O4S. The zero-order valence-corrected chi connectivity index (χ0v) is 21.0. The normalized spacial score (nSPS) is 13.9. The number of rotatable bonds is 10. The molecule has 0 unspecified atom stereocenters. The quantitative estimate of drug-likeness (QED) is 0.446. The van der Waals surface area contributed by atoms with Gasteiger partial charge in [-0.15, -0.1) is 0 Å². The van der Waals surface area contributed by atoms with Gasteiger partial charge in [0.25, 0.3) is 10.0 Å². The van der Waals surface area contributed by atoms with Gasteiger partial charge in [0.05, 0.1) is 17.7 Å². The highest BCUT2D eigenvalue weighted by Gasteiger charge is 2.27. The minimum atomic E-state index is -4.10. The summed E-state index contributed by atoms with van der Waals surface area (Å²) in [5.74, 6) is -0.466. The number of nitrogens with one attached hydrogen (secondary N) is 1. The zero-order chi connectivity index (χ0) is 25.5. The van der Waals surface area contributed by atoms with E-state index in [0.29, 0.717) is 5.75 Å². The number of methoxy groups -OCH3 is 1. The van der Waals surface area contributed by atoms with Gasteiger partial charge in [0, 0.05) is 13.1 Å². The zero-order valence-electron chi connectivity index (χ0n) is 20.2. The van der Waals surface area contributed by atoms with E-state index in [1.807, 2.05) is 12.1 Å². The topological polar surface area (TPSA) is 79.0 Å². The van der Waals surface area contributed by atoms with Gasteiger partial charge in [-0.2, -0.15) is 0 Å². The van der Waals surface area contributed by atoms with E-state index in [9.17, 15) is 17.6 Å². The molecule has 1 N–H and O–H groups in total. The summed E-state index contributed by atoms with van der Waals surface area (Å²) in [5, 5.41) is 2.82. The lowest BCUT2D eigenvalue weighted by Gasteiger charge is -2.24. The molecule has 3 aromatic rings. The highest BCUT2D eigenvalue weighted by molar-refractivity contribution is 7.92. The van der Waals surface area contributed by atoms with Gasteiger partial charge in [-0.3, -0.25) is 14.0 Å². The van der Waals surface area contributed by atoms with Crippen LogP contribution in [0.2, 0.25) is 0 Å². The monoisotopic (exact) mass is 511 g/mol. The van der Waals surface area contributed by atoms with Crippen LogP contribution in [-0.2, 0) is 27.9 Å². The highest BCUT2D eigenvalue weighted by Crippen LogP contribution is 2.25. The van der Waals surface area contributed by atoms with Crippen molar-refractivity contribution in [1.29, 1.82) is 0 Å². The molecule has 36 heavy (non-hydrogen) atoms. The number of hydrogen-bond donors (Lipinski definition) is 1. The molecule has 1 aliphatic rings. The van der Waals surface area contributed by atoms with Crippen molar-refractivity contribution in [3.8, 4) is 5.75 Å². The van der Waals surface area contributed by atoms with Crippen LogP contribution in [0.3, 0.4) is 0 Å². The van der Waals surface area contributed by atoms with Gasteiger partial charge in [0.2, 0.25) is 5.91 Å². The van der Waals surface area contributed by atoms with Crippen LogP contribution in [0, 0.1) is 5.82 Å². The fourth-order valence-electron chi connectivity index (χ4n) is 4.22. The predicted octanol–water partition coefficient (Wildman–Crippen LogP) is 3.94. The van der Waals surface area contributed by atoms with E-state index in [1.54, 1.807) is 0 Å². The first-order chi connectivity index (χ1) is 17.3. The van der Waals surface area contributed by atoms with E-state index in [1.165, 1.54) is 61.9 Å². The van der Waals surface area contributed by atoms with E-state index < -0.39 is 28.3 Å². The Morgan fingerprint density at radius 1 is 1.00 bits per heavy atom. The Kier molecular flexibility index (Phi) is 8.22. The number of ether oxygens (including phenoxy) is 1. The maximum Gasteiger partial charge on any atom is 0.264 e. The van der Waals surface area contributed by atoms with Crippen LogP contribution in [0.15, 0.2) is 77.7 Å². The van der Waals surface area contributed by atoms with Crippen LogP contribution in [0.1, 0.15) is 24.0 Å². The van der Waals surface area contributed by atoms with Crippen molar-refractivity contribution in [2.45, 2.75) is 30.8 Å². The molecule has 190 valence electrons. The number of carbonyl (C=O) groups is 1. The molecule has 7 nitrogen and oxygen atoms in total. The Hall–Kier alpha value is -3.43. The SMILES string of the molecule is COc1ccc(S(=O)(=O)N(CC(=O)NCc2cccc(CN3CCCC3)c2)c2ccc(F)cc2)cc1. The fourth-order valence-corrected chi connectivity index (χ4v) is 5.64. The molecule has 0 aliphatic carbocycles. The van der Waals surface area contributed by atoms with Gasteiger partial charge in [0.1, 0.15) is 18.1 Å². The number of benzene rings is 3. The highest BCUT2D eigenvalue weighted by atomic mass is 32.2. The number of halogens is 1. The van der Waals surface area contributed by atoms with Gasteiger partial charge >= 0.3 is 0 Å². The second-order valence-electron chi connectivity index (χ2n) is 8.74. The van der Waals surface area contributed by atoms with E-state index in [-0.39, 0.29) is 17.1 Å². The molecule has 1 heterocycles. The molecule has 1 saturated heterocycles. The Labute approximate surface area is 211 Å². The summed E-state index contributed by atoms with van der Waals surface area (Å²) in [4.78, 5) is 15.3. The summed E-state index contributed by atoms with van der Waals surface area (Å²) in [5.41, 5.74) is 2.31. The van der Waals surface area contributed by atoms with Crippen LogP contribution in [0.5, 0.6) is 5.75 Å². The van der Waals surface area contributed by atoms with E-state index in [4.69, 9.17) is 4.74 Å². The van der Waals surface area contributed by atoms with Crippen molar-refractivity contribution in [2.75, 3.05) is 31.0 Å². The largest absolute Gasteiger partial charge is 0.497 e. The number of amides is 1. The van der Waals surface area contributed by atoms with Gasteiger partial charge in [-0.05, 0) is 85.6 Å². The lowest BCUT2D eigenvalue weighted by molar-refractivity contribution is -0.119. The fraction of sp³-hybridized carbons (Fsp3) is 0.296. The lowest BCUT2D eigenvalue weighted by atomic mass is 10.1. The number of anilines is 1. The second kappa shape index (κ2) is 11.5. The van der Waals surface area contributed by atoms with Crippen LogP contribution < -0.4 is 14.4 Å². The van der Waals surface area contributed by atoms with Crippen LogP contribution in [-0.4, -0.2) is 46.0 Å². The number of sulfonamides is 1. The first-order valence-electron chi connectivity index (χ1n) is 11.8. The van der Waals surface area contributed by atoms with Gasteiger partial charge in [-0.25, -0.2) is 12.8 Å². The molecule has 0 radical (unpaired) electrons. The number of likely N-dealkylation sites (tertiary alicyclic amines) is 1. The van der Waals surface area contributed by atoms with Crippen molar-refractivity contribution < 1.29 is 22.3 Å². The third-order valence-corrected chi connectivity index (χ3v) is 7.92. The molecule has 4 rings (SSSR count). The van der Waals surface area contributed by atoms with E-state index in [2.05, 4.69) is 22.3 Å². The molecular weight excluding hydrogens is 481 g/mol. The summed E-state index contributed by atoms with van der Waals surface area (Å²) in [6.45, 7) is 2.89. The minimum Gasteiger partial charge on any atom is -0.497 e. The van der Waals surface area contributed by atoms with Crippen molar-refractivity contribution in [2.24, 2.45) is 0 Å². The van der Waals surface area contributed by atoms with E-state index >= 15 is 0 Å². The third kappa shape index (κ3) is 6.41. The average molecular weight is 512 g/mol. The Morgan fingerprint density at radius 2 is 1.67 bits per heavy atom. The Morgan fingerprint density at radius 3 is 2.33 bits per heavy atom. The lowest BCUT2D eigenvalue weighted by Crippen LogP contribution is -2.40. The summed E-state index contributed by atoms with van der Waals surface area (Å²) in [6, 6.07) is 18.9. The van der Waals surface area contributed by atoms with Crippen molar-refractivity contribution in [1.82, 2.24) is 10.2 Å². The predicted molar refractivity (Wildman–Crippen MR) is 137 cm³/mol. The molecule has 0 aromatic heterocycles. The summed E-state index contributed by atoms with van der Waals surface area (Å²) >= 11 is 0. The second-order valence-corrected chi connectivity index (χ2v) is 10.6. The maximum absolute atomic E-state index is 13.5. The number of nitrogens with zero attached hydrogens (tertiary/aromatic N) is 2. The number of carbonyl (C=O) groups excluding carboxylic acids is 1. The van der Waals surface area contributed by atoms with Crippen LogP contribution in [0.25, 0.3) is 0 Å².